The summed E-state index contributed by atoms with van der Waals surface area (Å²) < 4.78 is 0. The molecule has 5 heteroatoms. The monoisotopic (exact) mass is 248 g/mol. The number of hydrogen-bond acceptors (Lipinski definition) is 4. The van der Waals surface area contributed by atoms with E-state index in [1.165, 1.54) is 0 Å². The van der Waals surface area contributed by atoms with Crippen LogP contribution in [0.15, 0.2) is 6.20 Å². The van der Waals surface area contributed by atoms with Gasteiger partial charge in [-0.3, -0.25) is 9.78 Å². The predicted octanol–water partition coefficient (Wildman–Crippen LogP) is 1.52. The molecule has 2 rings (SSSR count). The Kier molecular flexibility index (Phi) is 4.12. The molecule has 98 valence electrons. The summed E-state index contributed by atoms with van der Waals surface area (Å²) in [6.45, 7) is 6.45. The van der Waals surface area contributed by atoms with Crippen molar-refractivity contribution in [3.63, 3.8) is 0 Å². The third kappa shape index (κ3) is 3.18. The lowest BCUT2D eigenvalue weighted by molar-refractivity contribution is -0.127. The van der Waals surface area contributed by atoms with Gasteiger partial charge in [0.15, 0.2) is 0 Å². The molecule has 18 heavy (non-hydrogen) atoms. The van der Waals surface area contributed by atoms with Gasteiger partial charge in [-0.2, -0.15) is 0 Å². The normalized spacial score (nSPS) is 15.2. The van der Waals surface area contributed by atoms with Crippen molar-refractivity contribution in [1.29, 1.82) is 0 Å². The van der Waals surface area contributed by atoms with Gasteiger partial charge in [-0.15, -0.1) is 0 Å². The highest BCUT2D eigenvalue weighted by Gasteiger charge is 2.18. The molecular weight excluding hydrogens is 228 g/mol. The van der Waals surface area contributed by atoms with E-state index in [0.717, 1.165) is 56.1 Å². The van der Waals surface area contributed by atoms with Crippen LogP contribution in [0.25, 0.3) is 0 Å². The summed E-state index contributed by atoms with van der Waals surface area (Å²) in [6.07, 6.45) is 4.44. The largest absolute Gasteiger partial charge is 0.368 e. The molecule has 0 saturated carbocycles. The van der Waals surface area contributed by atoms with Crippen molar-refractivity contribution in [2.75, 3.05) is 25.0 Å². The smallest absolute Gasteiger partial charge is 0.222 e. The number of rotatable bonds is 5. The van der Waals surface area contributed by atoms with Gasteiger partial charge in [-0.25, -0.2) is 4.98 Å². The lowest BCUT2D eigenvalue weighted by Crippen LogP contribution is -2.27. The minimum atomic E-state index is 0.293. The van der Waals surface area contributed by atoms with Gasteiger partial charge in [0.2, 0.25) is 5.91 Å². The molecular formula is C13H20N4O. The summed E-state index contributed by atoms with van der Waals surface area (Å²) in [5.41, 5.74) is 1.83. The first kappa shape index (κ1) is 12.8. The Bertz CT molecular complexity index is 433. The fraction of sp³-hybridized carbons (Fsp3) is 0.615. The SMILES string of the molecule is Cc1cnc(C)c(NCCCN2CCCC2=O)n1. The van der Waals surface area contributed by atoms with Crippen molar-refractivity contribution in [2.24, 2.45) is 0 Å². The van der Waals surface area contributed by atoms with Gasteiger partial charge in [-0.1, -0.05) is 0 Å². The molecule has 1 amide bonds. The Morgan fingerprint density at radius 3 is 3.00 bits per heavy atom. The van der Waals surface area contributed by atoms with Crippen molar-refractivity contribution in [2.45, 2.75) is 33.1 Å². The van der Waals surface area contributed by atoms with Gasteiger partial charge in [-0.05, 0) is 26.7 Å². The fourth-order valence-electron chi connectivity index (χ4n) is 2.12. The minimum Gasteiger partial charge on any atom is -0.368 e. The molecule has 0 spiro atoms. The molecule has 2 heterocycles. The number of amides is 1. The highest BCUT2D eigenvalue weighted by molar-refractivity contribution is 5.77. The zero-order valence-electron chi connectivity index (χ0n) is 11.1. The van der Waals surface area contributed by atoms with E-state index in [9.17, 15) is 4.79 Å². The molecule has 1 aromatic rings. The number of aryl methyl sites for hydroxylation is 2. The zero-order chi connectivity index (χ0) is 13.0. The standard InChI is InChI=1S/C13H20N4O/c1-10-9-15-11(2)13(16-10)14-6-4-8-17-7-3-5-12(17)18/h9H,3-8H2,1-2H3,(H,14,16). The van der Waals surface area contributed by atoms with Crippen LogP contribution in [0.3, 0.4) is 0 Å². The second-order valence-corrected chi connectivity index (χ2v) is 4.71. The van der Waals surface area contributed by atoms with Crippen LogP contribution in [-0.4, -0.2) is 40.4 Å². The van der Waals surface area contributed by atoms with Crippen molar-refractivity contribution < 1.29 is 4.79 Å². The molecule has 0 aliphatic carbocycles. The molecule has 5 nitrogen and oxygen atoms in total. The lowest BCUT2D eigenvalue weighted by atomic mass is 10.3. The number of hydrogen-bond donors (Lipinski definition) is 1. The number of nitrogens with zero attached hydrogens (tertiary/aromatic N) is 3. The Morgan fingerprint density at radius 1 is 1.44 bits per heavy atom. The average Bonchev–Trinajstić information content (AvgIpc) is 2.75. The molecule has 1 fully saturated rings. The van der Waals surface area contributed by atoms with Crippen LogP contribution < -0.4 is 5.32 Å². The highest BCUT2D eigenvalue weighted by Crippen LogP contribution is 2.11. The number of anilines is 1. The molecule has 1 aromatic heterocycles. The minimum absolute atomic E-state index is 0.293. The summed E-state index contributed by atoms with van der Waals surface area (Å²) in [4.78, 5) is 22.0. The van der Waals surface area contributed by atoms with Crippen LogP contribution in [-0.2, 0) is 4.79 Å². The fourth-order valence-corrected chi connectivity index (χ4v) is 2.12. The first-order valence-electron chi connectivity index (χ1n) is 6.48. The van der Waals surface area contributed by atoms with Gasteiger partial charge in [0.25, 0.3) is 0 Å². The molecule has 1 aliphatic rings. The number of carbonyl (C=O) groups excluding carboxylic acids is 1. The van der Waals surface area contributed by atoms with Crippen molar-refractivity contribution in [3.8, 4) is 0 Å². The van der Waals surface area contributed by atoms with Crippen molar-refractivity contribution in [3.05, 3.63) is 17.6 Å². The van der Waals surface area contributed by atoms with E-state index in [4.69, 9.17) is 0 Å². The van der Waals surface area contributed by atoms with Crippen LogP contribution >= 0.6 is 0 Å². The number of carbonyl (C=O) groups is 1. The number of nitrogens with one attached hydrogen (secondary N) is 1. The van der Waals surface area contributed by atoms with E-state index < -0.39 is 0 Å². The highest BCUT2D eigenvalue weighted by atomic mass is 16.2. The Labute approximate surface area is 108 Å². The first-order valence-corrected chi connectivity index (χ1v) is 6.48. The van der Waals surface area contributed by atoms with Crippen LogP contribution in [0.2, 0.25) is 0 Å². The third-order valence-corrected chi connectivity index (χ3v) is 3.14. The van der Waals surface area contributed by atoms with Crippen molar-refractivity contribution >= 4 is 11.7 Å². The molecule has 0 radical (unpaired) electrons. The van der Waals surface area contributed by atoms with Crippen LogP contribution in [0.4, 0.5) is 5.82 Å². The van der Waals surface area contributed by atoms with E-state index in [-0.39, 0.29) is 0 Å². The predicted molar refractivity (Wildman–Crippen MR) is 70.4 cm³/mol. The summed E-state index contributed by atoms with van der Waals surface area (Å²) in [6, 6.07) is 0. The van der Waals surface area contributed by atoms with E-state index in [1.54, 1.807) is 6.20 Å². The Balaban J connectivity index is 1.75. The van der Waals surface area contributed by atoms with Crippen LogP contribution in [0.1, 0.15) is 30.7 Å². The second kappa shape index (κ2) is 5.80. The van der Waals surface area contributed by atoms with E-state index in [0.29, 0.717) is 5.91 Å². The van der Waals surface area contributed by atoms with Gasteiger partial charge in [0.1, 0.15) is 5.82 Å². The Hall–Kier alpha value is -1.65. The maximum Gasteiger partial charge on any atom is 0.222 e. The molecule has 0 aromatic carbocycles. The summed E-state index contributed by atoms with van der Waals surface area (Å²) >= 11 is 0. The first-order chi connectivity index (χ1) is 8.66. The van der Waals surface area contributed by atoms with Gasteiger partial charge < -0.3 is 10.2 Å². The van der Waals surface area contributed by atoms with E-state index >= 15 is 0 Å². The van der Waals surface area contributed by atoms with E-state index in [1.807, 2.05) is 18.7 Å². The topological polar surface area (TPSA) is 58.1 Å². The third-order valence-electron chi connectivity index (χ3n) is 3.14. The molecule has 1 saturated heterocycles. The summed E-state index contributed by atoms with van der Waals surface area (Å²) in [5, 5.41) is 3.28. The zero-order valence-corrected chi connectivity index (χ0v) is 11.1. The van der Waals surface area contributed by atoms with Crippen molar-refractivity contribution in [1.82, 2.24) is 14.9 Å². The van der Waals surface area contributed by atoms with E-state index in [2.05, 4.69) is 15.3 Å². The van der Waals surface area contributed by atoms with Gasteiger partial charge >= 0.3 is 0 Å². The molecule has 1 aliphatic heterocycles. The van der Waals surface area contributed by atoms with Gasteiger partial charge in [0.05, 0.1) is 11.4 Å². The Morgan fingerprint density at radius 2 is 2.28 bits per heavy atom. The molecule has 0 bridgehead atoms. The number of likely N-dealkylation sites (tertiary alicyclic amines) is 1. The lowest BCUT2D eigenvalue weighted by Gasteiger charge is -2.15. The second-order valence-electron chi connectivity index (χ2n) is 4.71. The average molecular weight is 248 g/mol. The number of aromatic nitrogens is 2. The molecule has 0 atom stereocenters. The summed E-state index contributed by atoms with van der Waals surface area (Å²) in [5.74, 6) is 1.14. The van der Waals surface area contributed by atoms with Gasteiger partial charge in [0, 0.05) is 32.3 Å². The van der Waals surface area contributed by atoms with Crippen LogP contribution in [0.5, 0.6) is 0 Å². The molecule has 0 unspecified atom stereocenters. The molecule has 1 N–H and O–H groups in total. The maximum atomic E-state index is 11.4. The summed E-state index contributed by atoms with van der Waals surface area (Å²) in [7, 11) is 0. The van der Waals surface area contributed by atoms with Crippen LogP contribution in [0, 0.1) is 13.8 Å². The quantitative estimate of drug-likeness (QED) is 0.803. The maximum absolute atomic E-state index is 11.4.